The number of ether oxygens (including phenoxy) is 5. The van der Waals surface area contributed by atoms with E-state index in [1.165, 1.54) is 19.6 Å². The van der Waals surface area contributed by atoms with Crippen molar-refractivity contribution >= 4 is 41.7 Å². The Morgan fingerprint density at radius 2 is 1.66 bits per heavy atom. The van der Waals surface area contributed by atoms with Gasteiger partial charge in [-0.2, -0.15) is 9.97 Å². The lowest BCUT2D eigenvalue weighted by atomic mass is 9.78. The van der Waals surface area contributed by atoms with Crippen molar-refractivity contribution in [2.45, 2.75) is 147 Å². The summed E-state index contributed by atoms with van der Waals surface area (Å²) >= 11 is 0. The molecule has 4 aromatic rings. The van der Waals surface area contributed by atoms with Crippen LogP contribution < -0.4 is 14.4 Å². The van der Waals surface area contributed by atoms with Crippen molar-refractivity contribution in [3.8, 4) is 34.4 Å². The molecule has 366 valence electrons. The van der Waals surface area contributed by atoms with Gasteiger partial charge in [-0.3, -0.25) is 9.80 Å². The number of methoxy groups -OCH3 is 1. The van der Waals surface area contributed by atoms with E-state index in [4.69, 9.17) is 33.7 Å². The number of morpholine rings is 1. The van der Waals surface area contributed by atoms with Gasteiger partial charge in [0.2, 0.25) is 0 Å². The molecule has 14 heteroatoms. The SMILES string of the molecule is COCOc1cc(-c2c(F)cc3c(N4CC5CCC(C4)N5C(=O)OC(C)(C)C)nc(OCC4(CN5CCOC6(CCC6)C5)CC4)nc3c2F)c2c(C#C[Si](C(C)C)(C(C)C)C(C)C)cccc2c1. The fourth-order valence-electron chi connectivity index (χ4n) is 12.1. The summed E-state index contributed by atoms with van der Waals surface area (Å²) in [6.45, 7) is 23.8. The number of aromatic nitrogens is 2. The first-order valence-corrected chi connectivity index (χ1v) is 27.3. The largest absolute Gasteiger partial charge is 0.468 e. The van der Waals surface area contributed by atoms with Gasteiger partial charge in [0.1, 0.15) is 36.6 Å². The van der Waals surface area contributed by atoms with Gasteiger partial charge in [-0.15, -0.1) is 5.54 Å². The molecule has 68 heavy (non-hydrogen) atoms. The van der Waals surface area contributed by atoms with Crippen LogP contribution in [-0.4, -0.2) is 117 Å². The predicted molar refractivity (Wildman–Crippen MR) is 266 cm³/mol. The lowest BCUT2D eigenvalue weighted by Crippen LogP contribution is -2.57. The first kappa shape index (κ1) is 48.5. The van der Waals surface area contributed by atoms with Gasteiger partial charge in [0, 0.05) is 67.1 Å². The number of piperazine rings is 1. The molecule has 11 nitrogen and oxygen atoms in total. The third kappa shape index (κ3) is 9.29. The van der Waals surface area contributed by atoms with Gasteiger partial charge >= 0.3 is 12.1 Å². The highest BCUT2D eigenvalue weighted by molar-refractivity contribution is 6.90. The second-order valence-corrected chi connectivity index (χ2v) is 28.0. The maximum absolute atomic E-state index is 18.1. The summed E-state index contributed by atoms with van der Waals surface area (Å²) in [7, 11) is -0.664. The molecule has 0 N–H and O–H groups in total. The Balaban J connectivity index is 1.15. The van der Waals surface area contributed by atoms with Crippen molar-refractivity contribution in [3.63, 3.8) is 0 Å². The summed E-state index contributed by atoms with van der Waals surface area (Å²) in [5.41, 5.74) is 5.00. The Kier molecular flexibility index (Phi) is 13.3. The Bertz CT molecular complexity index is 2580. The summed E-state index contributed by atoms with van der Waals surface area (Å²) in [6.07, 6.45) is 6.64. The minimum absolute atomic E-state index is 0.0143. The monoisotopic (exact) mass is 952 g/mol. The minimum atomic E-state index is -2.20. The van der Waals surface area contributed by atoms with Crippen LogP contribution in [0.15, 0.2) is 36.4 Å². The highest BCUT2D eigenvalue weighted by Gasteiger charge is 2.49. The van der Waals surface area contributed by atoms with Crippen molar-refractivity contribution in [2.24, 2.45) is 5.41 Å². The molecule has 2 aliphatic carbocycles. The molecule has 2 saturated carbocycles. The summed E-state index contributed by atoms with van der Waals surface area (Å²) in [5, 5.41) is 1.59. The van der Waals surface area contributed by atoms with Crippen molar-refractivity contribution < 1.29 is 37.3 Å². The van der Waals surface area contributed by atoms with Crippen LogP contribution in [0.1, 0.15) is 113 Å². The standard InChI is InChI=1S/C54H71F2N5O6Si/c1-34(2)68(35(3)4,36(5)6)24-17-37-13-11-14-38-25-41(65-33-63-10)26-42(45(37)38)46-44(55)27-43-48(47(46)56)57-50(64-32-53(20-21-53)30-59-22-23-66-54(31-59)18-12-19-54)58-49(43)60-28-39-15-16-40(29-60)61(39)51(62)67-52(7,8)9/h11,13-14,25-27,34-36,39-40H,12,15-16,18-23,28-33H2,1-10H3. The van der Waals surface area contributed by atoms with Crippen LogP contribution in [0.2, 0.25) is 16.6 Å². The lowest BCUT2D eigenvalue weighted by Gasteiger charge is -2.49. The number of carbonyl (C=O) groups excluding carboxylic acids is 1. The average Bonchev–Trinajstić information content (AvgIpc) is 3.98. The van der Waals surface area contributed by atoms with Crippen molar-refractivity contribution in [1.82, 2.24) is 19.8 Å². The molecule has 2 bridgehead atoms. The molecule has 2 unspecified atom stereocenters. The van der Waals surface area contributed by atoms with Gasteiger partial charge in [-0.1, -0.05) is 59.6 Å². The molecule has 0 radical (unpaired) electrons. The van der Waals surface area contributed by atoms with Gasteiger partial charge in [-0.05, 0) is 112 Å². The number of anilines is 1. The highest BCUT2D eigenvalue weighted by Crippen LogP contribution is 2.49. The second-order valence-electron chi connectivity index (χ2n) is 22.4. The molecule has 1 aromatic heterocycles. The molecule has 4 heterocycles. The molecule has 3 aromatic carbocycles. The molecular weight excluding hydrogens is 881 g/mol. The number of rotatable bonds is 13. The number of nitrogens with zero attached hydrogens (tertiary/aromatic N) is 5. The van der Waals surface area contributed by atoms with E-state index in [1.807, 2.05) is 54.8 Å². The third-order valence-electron chi connectivity index (χ3n) is 15.7. The lowest BCUT2D eigenvalue weighted by molar-refractivity contribution is -0.154. The van der Waals surface area contributed by atoms with E-state index in [9.17, 15) is 4.79 Å². The Hall–Kier alpha value is -4.55. The number of halogens is 2. The Morgan fingerprint density at radius 3 is 2.28 bits per heavy atom. The number of fused-ring (bicyclic) bond motifs is 4. The maximum Gasteiger partial charge on any atom is 0.410 e. The van der Waals surface area contributed by atoms with Crippen molar-refractivity contribution in [1.29, 1.82) is 0 Å². The number of hydrogen-bond donors (Lipinski definition) is 0. The van der Waals surface area contributed by atoms with Gasteiger partial charge in [0.05, 0.1) is 36.5 Å². The molecule has 9 rings (SSSR count). The average molecular weight is 952 g/mol. The number of hydrogen-bond acceptors (Lipinski definition) is 10. The molecule has 2 atom stereocenters. The molecular formula is C54H71F2N5O6Si. The predicted octanol–water partition coefficient (Wildman–Crippen LogP) is 11.3. The van der Waals surface area contributed by atoms with E-state index in [2.05, 4.69) is 57.9 Å². The number of benzene rings is 3. The zero-order valence-corrected chi connectivity index (χ0v) is 42.9. The fraction of sp³-hybridized carbons (Fsp3) is 0.611. The van der Waals surface area contributed by atoms with Gasteiger partial charge in [-0.25, -0.2) is 13.6 Å². The molecule has 3 aliphatic heterocycles. The summed E-state index contributed by atoms with van der Waals surface area (Å²) in [6, 6.07) is 10.4. The molecule has 5 aliphatic rings. The highest BCUT2D eigenvalue weighted by atomic mass is 28.3. The fourth-order valence-corrected chi connectivity index (χ4v) is 17.3. The van der Waals surface area contributed by atoms with Gasteiger partial charge in [0.15, 0.2) is 12.6 Å². The summed E-state index contributed by atoms with van der Waals surface area (Å²) < 4.78 is 65.4. The van der Waals surface area contributed by atoms with Crippen LogP contribution in [0.25, 0.3) is 32.8 Å². The molecule has 3 saturated heterocycles. The zero-order valence-electron chi connectivity index (χ0n) is 41.9. The molecule has 1 spiro atoms. The van der Waals surface area contributed by atoms with Crippen LogP contribution in [-0.2, 0) is 14.2 Å². The zero-order chi connectivity index (χ0) is 48.3. The summed E-state index contributed by atoms with van der Waals surface area (Å²) in [4.78, 5) is 29.8. The smallest absolute Gasteiger partial charge is 0.410 e. The summed E-state index contributed by atoms with van der Waals surface area (Å²) in [5.74, 6) is 2.79. The Labute approximate surface area is 402 Å². The van der Waals surface area contributed by atoms with E-state index in [-0.39, 0.29) is 58.5 Å². The first-order valence-electron chi connectivity index (χ1n) is 25.0. The van der Waals surface area contributed by atoms with Crippen LogP contribution in [0.5, 0.6) is 11.8 Å². The van der Waals surface area contributed by atoms with Gasteiger partial charge < -0.3 is 28.6 Å². The van der Waals surface area contributed by atoms with E-state index >= 15 is 8.78 Å². The van der Waals surface area contributed by atoms with Crippen LogP contribution in [0.4, 0.5) is 19.4 Å². The number of carbonyl (C=O) groups is 1. The quantitative estimate of drug-likeness (QED) is 0.0732. The first-order chi connectivity index (χ1) is 32.3. The topological polar surface area (TPSA) is 98.7 Å². The second kappa shape index (κ2) is 18.6. The van der Waals surface area contributed by atoms with Crippen LogP contribution in [0, 0.1) is 28.5 Å². The maximum atomic E-state index is 18.1. The van der Waals surface area contributed by atoms with Crippen molar-refractivity contribution in [3.05, 3.63) is 53.6 Å². The van der Waals surface area contributed by atoms with Crippen LogP contribution >= 0.6 is 0 Å². The third-order valence-corrected chi connectivity index (χ3v) is 22.0. The Morgan fingerprint density at radius 1 is 0.956 bits per heavy atom. The normalized spacial score (nSPS) is 21.2. The van der Waals surface area contributed by atoms with E-state index < -0.39 is 25.3 Å². The van der Waals surface area contributed by atoms with E-state index in [0.29, 0.717) is 64.4 Å². The minimum Gasteiger partial charge on any atom is -0.468 e. The van der Waals surface area contributed by atoms with Crippen LogP contribution in [0.3, 0.4) is 0 Å². The number of amides is 1. The van der Waals surface area contributed by atoms with Gasteiger partial charge in [0.25, 0.3) is 0 Å². The van der Waals surface area contributed by atoms with E-state index in [0.717, 1.165) is 70.2 Å². The molecule has 1 amide bonds. The van der Waals surface area contributed by atoms with Crippen molar-refractivity contribution in [2.75, 3.05) is 64.7 Å². The molecule has 5 fully saturated rings. The van der Waals surface area contributed by atoms with E-state index in [1.54, 1.807) is 6.07 Å².